The Morgan fingerprint density at radius 3 is 0.725 bits per heavy atom. The molecular weight excluding hydrogens is 625 g/mol. The molecule has 0 aliphatic carbocycles. The Labute approximate surface area is 291 Å². The quantitative estimate of drug-likeness (QED) is 0.191. The van der Waals surface area contributed by atoms with E-state index in [1.165, 1.54) is 0 Å². The van der Waals surface area contributed by atoms with Gasteiger partial charge < -0.3 is 13.7 Å². The van der Waals surface area contributed by atoms with Crippen LogP contribution in [0.4, 0.5) is 0 Å². The Bertz CT molecular complexity index is 2930. The number of rotatable bonds is 3. The number of hydrogen-bond donors (Lipinski definition) is 0. The van der Waals surface area contributed by atoms with Crippen molar-refractivity contribution in [1.82, 2.24) is 13.7 Å². The molecule has 0 saturated carbocycles. The second-order valence-electron chi connectivity index (χ2n) is 12.6. The summed E-state index contributed by atoms with van der Waals surface area (Å²) in [5.74, 6) is 0. The van der Waals surface area contributed by atoms with Crippen molar-refractivity contribution in [2.45, 2.75) is 0 Å². The summed E-state index contributed by atoms with van der Waals surface area (Å²) in [6.45, 7) is 0. The van der Waals surface area contributed by atoms with Gasteiger partial charge >= 0.3 is 0 Å². The molecule has 0 N–H and O–H groups in total. The zero-order valence-corrected chi connectivity index (χ0v) is 27.0. The van der Waals surface area contributed by atoms with E-state index in [0.717, 1.165) is 65.4 Å². The predicted octanol–water partition coefficient (Wildman–Crippen LogP) is 10.6. The molecule has 0 unspecified atom stereocenters. The van der Waals surface area contributed by atoms with E-state index in [-0.39, 0.29) is 16.7 Å². The van der Waals surface area contributed by atoms with Crippen LogP contribution in [0.15, 0.2) is 146 Å². The van der Waals surface area contributed by atoms with Gasteiger partial charge in [0.25, 0.3) is 0 Å². The minimum Gasteiger partial charge on any atom is -0.306 e. The molecule has 6 heteroatoms. The maximum Gasteiger partial charge on any atom is 0.103 e. The fourth-order valence-electron chi connectivity index (χ4n) is 8.18. The molecule has 0 spiro atoms. The maximum atomic E-state index is 11.2. The number of aromatic nitrogens is 3. The van der Waals surface area contributed by atoms with Crippen LogP contribution in [-0.2, 0) is 0 Å². The van der Waals surface area contributed by atoms with Crippen LogP contribution in [0.3, 0.4) is 0 Å². The van der Waals surface area contributed by atoms with Crippen LogP contribution in [-0.4, -0.2) is 13.7 Å². The van der Waals surface area contributed by atoms with Gasteiger partial charge in [-0.25, -0.2) is 0 Å². The van der Waals surface area contributed by atoms with Crippen molar-refractivity contribution in [2.75, 3.05) is 0 Å². The fourth-order valence-corrected chi connectivity index (χ4v) is 8.18. The molecule has 0 fully saturated rings. The molecule has 0 aliphatic rings. The lowest BCUT2D eigenvalue weighted by Gasteiger charge is -2.25. The first-order chi connectivity index (χ1) is 25.2. The second-order valence-corrected chi connectivity index (χ2v) is 12.6. The van der Waals surface area contributed by atoms with Crippen LogP contribution in [0.1, 0.15) is 16.7 Å². The van der Waals surface area contributed by atoms with E-state index in [1.807, 2.05) is 72.8 Å². The fraction of sp³-hybridized carbons (Fsp3) is 0. The molecule has 0 amide bonds. The molecular formula is C45H24N6. The standard InChI is InChI=1S/C45H24N6/c46-25-34-35(26-47)43(49-37-19-7-1-13-28(37)29-14-2-8-20-38(29)49)45(51-41-23-11-5-17-32(41)33-18-6-12-24-42(33)51)44(36(34)27-48)50-39-21-9-3-15-30(39)31-16-4-10-22-40(31)50/h1-24H. The highest BCUT2D eigenvalue weighted by molar-refractivity contribution is 6.14. The summed E-state index contributed by atoms with van der Waals surface area (Å²) < 4.78 is 6.41. The van der Waals surface area contributed by atoms with E-state index >= 15 is 0 Å². The smallest absolute Gasteiger partial charge is 0.103 e. The van der Waals surface area contributed by atoms with Gasteiger partial charge in [-0.05, 0) is 36.4 Å². The summed E-state index contributed by atoms with van der Waals surface area (Å²) in [5, 5.41) is 39.4. The van der Waals surface area contributed by atoms with E-state index in [2.05, 4.69) is 105 Å². The molecule has 0 bridgehead atoms. The number of nitrogens with zero attached hydrogens (tertiary/aromatic N) is 6. The van der Waals surface area contributed by atoms with Crippen molar-refractivity contribution in [1.29, 1.82) is 15.8 Å². The normalized spacial score (nSPS) is 11.5. The number of para-hydroxylation sites is 6. The van der Waals surface area contributed by atoms with Gasteiger partial charge in [0.05, 0.1) is 66.9 Å². The van der Waals surface area contributed by atoms with E-state index in [4.69, 9.17) is 0 Å². The molecule has 3 aromatic heterocycles. The first-order valence-electron chi connectivity index (χ1n) is 16.6. The molecule has 51 heavy (non-hydrogen) atoms. The van der Waals surface area contributed by atoms with Crippen molar-refractivity contribution >= 4 is 65.4 Å². The van der Waals surface area contributed by atoms with Crippen molar-refractivity contribution in [3.05, 3.63) is 162 Å². The highest BCUT2D eigenvalue weighted by atomic mass is 15.1. The molecule has 0 saturated heterocycles. The SMILES string of the molecule is N#Cc1c(C#N)c(-n2c3ccccc3c3ccccc32)c(-n2c3ccccc3c3ccccc32)c(-n2c3ccccc3c3ccccc32)c1C#N. The van der Waals surface area contributed by atoms with Crippen molar-refractivity contribution in [2.24, 2.45) is 0 Å². The molecule has 0 atom stereocenters. The molecule has 6 nitrogen and oxygen atoms in total. The third kappa shape index (κ3) is 3.72. The summed E-state index contributed by atoms with van der Waals surface area (Å²) >= 11 is 0. The van der Waals surface area contributed by atoms with E-state index < -0.39 is 0 Å². The minimum atomic E-state index is 0.0400. The lowest BCUT2D eigenvalue weighted by molar-refractivity contribution is 1.04. The van der Waals surface area contributed by atoms with Gasteiger partial charge in [-0.15, -0.1) is 0 Å². The largest absolute Gasteiger partial charge is 0.306 e. The number of nitriles is 3. The first kappa shape index (κ1) is 28.4. The Kier molecular flexibility index (Phi) is 5.97. The summed E-state index contributed by atoms with van der Waals surface area (Å²) in [7, 11) is 0. The average molecular weight is 649 g/mol. The van der Waals surface area contributed by atoms with Crippen LogP contribution in [0.25, 0.3) is 82.5 Å². The van der Waals surface area contributed by atoms with Crippen LogP contribution in [0, 0.1) is 34.0 Å². The zero-order chi connectivity index (χ0) is 34.2. The molecule has 10 aromatic rings. The van der Waals surface area contributed by atoms with E-state index in [1.54, 1.807) is 0 Å². The topological polar surface area (TPSA) is 86.2 Å². The molecule has 234 valence electrons. The van der Waals surface area contributed by atoms with Gasteiger partial charge in [0.1, 0.15) is 18.2 Å². The minimum absolute atomic E-state index is 0.0400. The average Bonchev–Trinajstić information content (AvgIpc) is 3.82. The van der Waals surface area contributed by atoms with Crippen molar-refractivity contribution in [3.63, 3.8) is 0 Å². The molecule has 3 heterocycles. The molecule has 10 rings (SSSR count). The number of benzene rings is 7. The third-order valence-electron chi connectivity index (χ3n) is 10.2. The number of hydrogen-bond acceptors (Lipinski definition) is 3. The Hall–Kier alpha value is -7.59. The van der Waals surface area contributed by atoms with E-state index in [9.17, 15) is 15.8 Å². The van der Waals surface area contributed by atoms with Gasteiger partial charge in [-0.3, -0.25) is 0 Å². The third-order valence-corrected chi connectivity index (χ3v) is 10.2. The molecule has 7 aromatic carbocycles. The summed E-state index contributed by atoms with van der Waals surface area (Å²) in [5.41, 5.74) is 7.42. The zero-order valence-electron chi connectivity index (χ0n) is 27.0. The highest BCUT2D eigenvalue weighted by Gasteiger charge is 2.32. The summed E-state index contributed by atoms with van der Waals surface area (Å²) in [4.78, 5) is 0. The summed E-state index contributed by atoms with van der Waals surface area (Å²) in [6.07, 6.45) is 0. The summed E-state index contributed by atoms with van der Waals surface area (Å²) in [6, 6.07) is 56.2. The second kappa shape index (κ2) is 10.7. The van der Waals surface area contributed by atoms with Gasteiger partial charge in [-0.1, -0.05) is 109 Å². The van der Waals surface area contributed by atoms with Gasteiger partial charge in [0.2, 0.25) is 0 Å². The Balaban J connectivity index is 1.58. The number of fused-ring (bicyclic) bond motifs is 9. The predicted molar refractivity (Wildman–Crippen MR) is 204 cm³/mol. The highest BCUT2D eigenvalue weighted by Crippen LogP contribution is 2.46. The first-order valence-corrected chi connectivity index (χ1v) is 16.6. The molecule has 0 radical (unpaired) electrons. The van der Waals surface area contributed by atoms with Crippen LogP contribution in [0.5, 0.6) is 0 Å². The maximum absolute atomic E-state index is 11.2. The van der Waals surface area contributed by atoms with Crippen LogP contribution in [0.2, 0.25) is 0 Å². The lowest BCUT2D eigenvalue weighted by atomic mass is 9.95. The van der Waals surface area contributed by atoms with Crippen molar-refractivity contribution in [3.8, 4) is 35.3 Å². The van der Waals surface area contributed by atoms with Crippen LogP contribution >= 0.6 is 0 Å². The van der Waals surface area contributed by atoms with Crippen molar-refractivity contribution < 1.29 is 0 Å². The monoisotopic (exact) mass is 648 g/mol. The van der Waals surface area contributed by atoms with Gasteiger partial charge in [-0.2, -0.15) is 15.8 Å². The molecule has 0 aliphatic heterocycles. The van der Waals surface area contributed by atoms with Gasteiger partial charge in [0.15, 0.2) is 0 Å². The lowest BCUT2D eigenvalue weighted by Crippen LogP contribution is -2.15. The van der Waals surface area contributed by atoms with E-state index in [0.29, 0.717) is 17.1 Å². The Morgan fingerprint density at radius 2 is 0.490 bits per heavy atom. The van der Waals surface area contributed by atoms with Crippen LogP contribution < -0.4 is 0 Å². The Morgan fingerprint density at radius 1 is 0.275 bits per heavy atom. The van der Waals surface area contributed by atoms with Gasteiger partial charge in [0, 0.05) is 32.3 Å².